The largest absolute Gasteiger partial charge is 0.383 e. The average Bonchev–Trinajstić information content (AvgIpc) is 2.94. The predicted octanol–water partition coefficient (Wildman–Crippen LogP) is 0.613. The smallest absolute Gasteiger partial charge is 0.224 e. The number of carbonyl (C=O) groups excluding carboxylic acids is 1. The first-order valence-electron chi connectivity index (χ1n) is 8.38. The summed E-state index contributed by atoms with van der Waals surface area (Å²) in [7, 11) is 3.79. The number of hydrogen-bond donors (Lipinski definition) is 1. The summed E-state index contributed by atoms with van der Waals surface area (Å²) in [6, 6.07) is 0.557. The first-order chi connectivity index (χ1) is 10.6. The highest BCUT2D eigenvalue weighted by molar-refractivity contribution is 5.79. The Morgan fingerprint density at radius 1 is 1.41 bits per heavy atom. The quantitative estimate of drug-likeness (QED) is 0.771. The van der Waals surface area contributed by atoms with Crippen LogP contribution in [0.5, 0.6) is 0 Å². The van der Waals surface area contributed by atoms with Gasteiger partial charge in [-0.15, -0.1) is 0 Å². The van der Waals surface area contributed by atoms with E-state index in [2.05, 4.69) is 17.3 Å². The normalized spacial score (nSPS) is 34.5. The van der Waals surface area contributed by atoms with Crippen LogP contribution in [-0.4, -0.2) is 69.7 Å². The molecule has 6 heteroatoms. The first-order valence-corrected chi connectivity index (χ1v) is 8.38. The second kappa shape index (κ2) is 6.83. The zero-order valence-electron chi connectivity index (χ0n) is 13.7. The van der Waals surface area contributed by atoms with Crippen LogP contribution in [-0.2, 0) is 19.0 Å². The van der Waals surface area contributed by atoms with E-state index in [9.17, 15) is 4.79 Å². The number of likely N-dealkylation sites (tertiary alicyclic amines) is 1. The van der Waals surface area contributed by atoms with Gasteiger partial charge in [0, 0.05) is 39.1 Å². The summed E-state index contributed by atoms with van der Waals surface area (Å²) in [5, 5.41) is 2.98. The number of piperidine rings is 1. The van der Waals surface area contributed by atoms with E-state index in [4.69, 9.17) is 14.2 Å². The van der Waals surface area contributed by atoms with Crippen LogP contribution in [0.15, 0.2) is 0 Å². The molecule has 0 unspecified atom stereocenters. The maximum absolute atomic E-state index is 12.3. The highest BCUT2D eigenvalue weighted by Crippen LogP contribution is 2.44. The van der Waals surface area contributed by atoms with E-state index in [1.54, 1.807) is 7.11 Å². The van der Waals surface area contributed by atoms with E-state index in [0.29, 0.717) is 38.3 Å². The van der Waals surface area contributed by atoms with Gasteiger partial charge in [-0.3, -0.25) is 4.79 Å². The van der Waals surface area contributed by atoms with Gasteiger partial charge in [-0.2, -0.15) is 0 Å². The molecule has 22 heavy (non-hydrogen) atoms. The van der Waals surface area contributed by atoms with Crippen LogP contribution in [0.1, 0.15) is 25.7 Å². The Labute approximate surface area is 132 Å². The van der Waals surface area contributed by atoms with Gasteiger partial charge in [-0.05, 0) is 25.8 Å². The third kappa shape index (κ3) is 3.30. The van der Waals surface area contributed by atoms with Crippen molar-refractivity contribution >= 4 is 5.91 Å². The van der Waals surface area contributed by atoms with Gasteiger partial charge in [0.1, 0.15) is 0 Å². The molecule has 0 aromatic carbocycles. The second-order valence-electron chi connectivity index (χ2n) is 6.83. The Bertz CT molecular complexity index is 398. The zero-order chi connectivity index (χ0) is 15.6. The highest BCUT2D eigenvalue weighted by atomic mass is 16.7. The Morgan fingerprint density at radius 3 is 2.91 bits per heavy atom. The van der Waals surface area contributed by atoms with Crippen LogP contribution in [0, 0.1) is 11.8 Å². The topological polar surface area (TPSA) is 60.0 Å². The number of carbonyl (C=O) groups is 1. The van der Waals surface area contributed by atoms with Crippen LogP contribution in [0.3, 0.4) is 0 Å². The maximum atomic E-state index is 12.3. The van der Waals surface area contributed by atoms with Crippen molar-refractivity contribution in [1.29, 1.82) is 0 Å². The van der Waals surface area contributed by atoms with Crippen LogP contribution < -0.4 is 5.32 Å². The molecular formula is C16H28N2O4. The van der Waals surface area contributed by atoms with Crippen molar-refractivity contribution in [2.24, 2.45) is 11.8 Å². The Morgan fingerprint density at radius 2 is 2.18 bits per heavy atom. The molecule has 1 amide bonds. The van der Waals surface area contributed by atoms with Crippen molar-refractivity contribution in [2.45, 2.75) is 37.5 Å². The first kappa shape index (κ1) is 16.2. The van der Waals surface area contributed by atoms with E-state index in [-0.39, 0.29) is 17.6 Å². The van der Waals surface area contributed by atoms with Crippen molar-refractivity contribution < 1.29 is 19.0 Å². The zero-order valence-corrected chi connectivity index (χ0v) is 13.7. The molecule has 3 fully saturated rings. The fourth-order valence-electron chi connectivity index (χ4n) is 4.35. The lowest BCUT2D eigenvalue weighted by Crippen LogP contribution is -2.55. The standard InChI is InChI=1S/C16H28N2O4/c1-18-11-13(15(19)17-5-6-20-2)9-12-10-16(4-3-14(12)18)21-7-8-22-16/h12-14H,3-11H2,1-2H3,(H,17,19)/t12-,13-,14-/m1/s1. The molecule has 1 N–H and O–H groups in total. The molecule has 0 bridgehead atoms. The minimum absolute atomic E-state index is 0.0552. The number of ether oxygens (including phenoxy) is 3. The predicted molar refractivity (Wildman–Crippen MR) is 81.4 cm³/mol. The summed E-state index contributed by atoms with van der Waals surface area (Å²) >= 11 is 0. The van der Waals surface area contributed by atoms with E-state index in [1.165, 1.54) is 0 Å². The van der Waals surface area contributed by atoms with Crippen molar-refractivity contribution in [2.75, 3.05) is 47.1 Å². The summed E-state index contributed by atoms with van der Waals surface area (Å²) in [6.07, 6.45) is 3.93. The van der Waals surface area contributed by atoms with Gasteiger partial charge < -0.3 is 24.4 Å². The monoisotopic (exact) mass is 312 g/mol. The van der Waals surface area contributed by atoms with Crippen molar-refractivity contribution in [3.63, 3.8) is 0 Å². The molecule has 126 valence electrons. The lowest BCUT2D eigenvalue weighted by molar-refractivity contribution is -0.202. The fraction of sp³-hybridized carbons (Fsp3) is 0.938. The van der Waals surface area contributed by atoms with E-state index >= 15 is 0 Å². The molecule has 3 rings (SSSR count). The molecule has 0 radical (unpaired) electrons. The van der Waals surface area contributed by atoms with Crippen molar-refractivity contribution in [3.8, 4) is 0 Å². The van der Waals surface area contributed by atoms with Crippen LogP contribution in [0.4, 0.5) is 0 Å². The average molecular weight is 312 g/mol. The van der Waals surface area contributed by atoms with E-state index < -0.39 is 0 Å². The van der Waals surface area contributed by atoms with Gasteiger partial charge in [-0.25, -0.2) is 0 Å². The fourth-order valence-corrected chi connectivity index (χ4v) is 4.35. The molecule has 2 saturated heterocycles. The molecule has 3 atom stereocenters. The van der Waals surface area contributed by atoms with Crippen molar-refractivity contribution in [1.82, 2.24) is 10.2 Å². The molecule has 0 aromatic rings. The van der Waals surface area contributed by atoms with Gasteiger partial charge in [0.15, 0.2) is 5.79 Å². The van der Waals surface area contributed by atoms with Crippen molar-refractivity contribution in [3.05, 3.63) is 0 Å². The molecule has 3 aliphatic rings. The summed E-state index contributed by atoms with van der Waals surface area (Å²) in [4.78, 5) is 14.7. The van der Waals surface area contributed by atoms with Gasteiger partial charge in [0.25, 0.3) is 0 Å². The Balaban J connectivity index is 1.60. The molecule has 2 heterocycles. The lowest BCUT2D eigenvalue weighted by atomic mass is 9.72. The Hall–Kier alpha value is -0.690. The number of rotatable bonds is 4. The van der Waals surface area contributed by atoms with Gasteiger partial charge in [-0.1, -0.05) is 0 Å². The van der Waals surface area contributed by atoms with E-state index in [0.717, 1.165) is 32.2 Å². The molecule has 0 aromatic heterocycles. The summed E-state index contributed by atoms with van der Waals surface area (Å²) < 4.78 is 16.8. The molecule has 1 spiro atoms. The Kier molecular flexibility index (Phi) is 5.02. The van der Waals surface area contributed by atoms with Crippen LogP contribution in [0.2, 0.25) is 0 Å². The summed E-state index contributed by atoms with van der Waals surface area (Å²) in [6.45, 7) is 3.39. The molecule has 1 saturated carbocycles. The number of methoxy groups -OCH3 is 1. The number of hydrogen-bond acceptors (Lipinski definition) is 5. The number of nitrogens with one attached hydrogen (secondary N) is 1. The third-order valence-electron chi connectivity index (χ3n) is 5.39. The molecule has 6 nitrogen and oxygen atoms in total. The van der Waals surface area contributed by atoms with E-state index in [1.807, 2.05) is 0 Å². The minimum Gasteiger partial charge on any atom is -0.383 e. The highest BCUT2D eigenvalue weighted by Gasteiger charge is 2.49. The second-order valence-corrected chi connectivity index (χ2v) is 6.83. The number of fused-ring (bicyclic) bond motifs is 1. The lowest BCUT2D eigenvalue weighted by Gasteiger charge is -2.49. The van der Waals surface area contributed by atoms with Gasteiger partial charge in [0.05, 0.1) is 25.7 Å². The summed E-state index contributed by atoms with van der Waals surface area (Å²) in [5.41, 5.74) is 0. The molecule has 2 aliphatic heterocycles. The van der Waals surface area contributed by atoms with Gasteiger partial charge >= 0.3 is 0 Å². The third-order valence-corrected chi connectivity index (χ3v) is 5.39. The number of amides is 1. The molecule has 1 aliphatic carbocycles. The minimum atomic E-state index is -0.365. The summed E-state index contributed by atoms with van der Waals surface area (Å²) in [5.74, 6) is 0.315. The van der Waals surface area contributed by atoms with Crippen LogP contribution in [0.25, 0.3) is 0 Å². The number of nitrogens with zero attached hydrogens (tertiary/aromatic N) is 1. The van der Waals surface area contributed by atoms with Crippen LogP contribution >= 0.6 is 0 Å². The van der Waals surface area contributed by atoms with Gasteiger partial charge in [0.2, 0.25) is 5.91 Å². The molecular weight excluding hydrogens is 284 g/mol. The maximum Gasteiger partial charge on any atom is 0.224 e. The SMILES string of the molecule is COCCNC(=O)[C@@H]1C[C@@H]2CC3(CC[C@H]2N(C)C1)OCCO3.